The lowest BCUT2D eigenvalue weighted by molar-refractivity contribution is -0.145. The standard InChI is InChI=1S/C8H10O6/c9-7(10)3-1-13-6-4(8(11)12)2-14-5(3)6/h3-6H,1-2H2,(H,9,10)(H,11,12)/t3-,4-,5?,6?/m0/s1. The average molecular weight is 202 g/mol. The molecule has 2 saturated heterocycles. The van der Waals surface area contributed by atoms with Crippen molar-refractivity contribution >= 4 is 11.9 Å². The molecule has 2 rings (SSSR count). The Balaban J connectivity index is 2.11. The summed E-state index contributed by atoms with van der Waals surface area (Å²) >= 11 is 0. The van der Waals surface area contributed by atoms with Crippen LogP contribution in [0.15, 0.2) is 0 Å². The van der Waals surface area contributed by atoms with E-state index >= 15 is 0 Å². The van der Waals surface area contributed by atoms with Crippen LogP contribution in [-0.4, -0.2) is 47.6 Å². The van der Waals surface area contributed by atoms with Crippen LogP contribution in [0.25, 0.3) is 0 Å². The maximum atomic E-state index is 10.7. The molecule has 4 atom stereocenters. The van der Waals surface area contributed by atoms with Gasteiger partial charge in [-0.3, -0.25) is 9.59 Å². The Morgan fingerprint density at radius 2 is 1.29 bits per heavy atom. The summed E-state index contributed by atoms with van der Waals surface area (Å²) in [5.74, 6) is -3.46. The van der Waals surface area contributed by atoms with Gasteiger partial charge in [-0.05, 0) is 0 Å². The lowest BCUT2D eigenvalue weighted by atomic mass is 9.97. The quantitative estimate of drug-likeness (QED) is 0.608. The van der Waals surface area contributed by atoms with Crippen LogP contribution >= 0.6 is 0 Å². The number of rotatable bonds is 2. The summed E-state index contributed by atoms with van der Waals surface area (Å²) in [6.45, 7) is 0.0723. The third kappa shape index (κ3) is 1.27. The van der Waals surface area contributed by atoms with Crippen LogP contribution < -0.4 is 0 Å². The van der Waals surface area contributed by atoms with Crippen LogP contribution in [0, 0.1) is 11.8 Å². The molecule has 6 nitrogen and oxygen atoms in total. The van der Waals surface area contributed by atoms with Crippen molar-refractivity contribution in [2.75, 3.05) is 13.2 Å². The molecule has 0 aromatic heterocycles. The molecule has 2 heterocycles. The lowest BCUT2D eigenvalue weighted by Crippen LogP contribution is -2.32. The molecule has 14 heavy (non-hydrogen) atoms. The van der Waals surface area contributed by atoms with Crippen molar-refractivity contribution in [1.82, 2.24) is 0 Å². The van der Waals surface area contributed by atoms with Crippen LogP contribution in [-0.2, 0) is 19.1 Å². The highest BCUT2D eigenvalue weighted by molar-refractivity contribution is 5.74. The van der Waals surface area contributed by atoms with Crippen molar-refractivity contribution in [3.8, 4) is 0 Å². The molecule has 2 fully saturated rings. The number of hydrogen-bond acceptors (Lipinski definition) is 4. The Bertz CT molecular complexity index is 247. The highest BCUT2D eigenvalue weighted by Crippen LogP contribution is 2.34. The number of fused-ring (bicyclic) bond motifs is 1. The van der Waals surface area contributed by atoms with Crippen molar-refractivity contribution in [2.45, 2.75) is 12.2 Å². The summed E-state index contributed by atoms with van der Waals surface area (Å²) in [6, 6.07) is 0. The molecule has 0 aliphatic carbocycles. The van der Waals surface area contributed by atoms with E-state index in [0.29, 0.717) is 0 Å². The fourth-order valence-corrected chi connectivity index (χ4v) is 1.92. The zero-order valence-corrected chi connectivity index (χ0v) is 7.25. The van der Waals surface area contributed by atoms with Gasteiger partial charge in [-0.2, -0.15) is 0 Å². The first-order valence-corrected chi connectivity index (χ1v) is 4.30. The van der Waals surface area contributed by atoms with E-state index in [2.05, 4.69) is 0 Å². The van der Waals surface area contributed by atoms with E-state index in [1.54, 1.807) is 0 Å². The van der Waals surface area contributed by atoms with E-state index in [0.717, 1.165) is 0 Å². The van der Waals surface area contributed by atoms with E-state index in [-0.39, 0.29) is 13.2 Å². The van der Waals surface area contributed by atoms with E-state index in [1.807, 2.05) is 0 Å². The van der Waals surface area contributed by atoms with Gasteiger partial charge in [0, 0.05) is 0 Å². The van der Waals surface area contributed by atoms with Crippen molar-refractivity contribution in [3.05, 3.63) is 0 Å². The van der Waals surface area contributed by atoms with Gasteiger partial charge in [0.25, 0.3) is 0 Å². The second-order valence-electron chi connectivity index (χ2n) is 3.49. The Kier molecular flexibility index (Phi) is 2.16. The molecular formula is C8H10O6. The van der Waals surface area contributed by atoms with E-state index in [1.165, 1.54) is 0 Å². The van der Waals surface area contributed by atoms with Crippen LogP contribution in [0.3, 0.4) is 0 Å². The molecule has 2 aliphatic heterocycles. The minimum absolute atomic E-state index is 0.0362. The summed E-state index contributed by atoms with van der Waals surface area (Å²) in [5, 5.41) is 17.6. The summed E-state index contributed by atoms with van der Waals surface area (Å²) in [7, 11) is 0. The smallest absolute Gasteiger partial charge is 0.311 e. The van der Waals surface area contributed by atoms with Gasteiger partial charge in [0.05, 0.1) is 13.2 Å². The SMILES string of the molecule is O=C(O)[C@H]1COC2C1OC[C@@H]2C(=O)O. The Labute approximate surface area is 79.4 Å². The van der Waals surface area contributed by atoms with E-state index < -0.39 is 36.0 Å². The predicted molar refractivity (Wildman–Crippen MR) is 41.7 cm³/mol. The first-order chi connectivity index (χ1) is 6.61. The molecule has 0 spiro atoms. The number of carboxylic acids is 2. The van der Waals surface area contributed by atoms with Gasteiger partial charge < -0.3 is 19.7 Å². The maximum absolute atomic E-state index is 10.7. The summed E-state index contributed by atoms with van der Waals surface area (Å²) in [5.41, 5.74) is 0. The highest BCUT2D eigenvalue weighted by atomic mass is 16.6. The van der Waals surface area contributed by atoms with Crippen LogP contribution in [0.2, 0.25) is 0 Å². The molecule has 2 N–H and O–H groups in total. The van der Waals surface area contributed by atoms with Crippen molar-refractivity contribution in [1.29, 1.82) is 0 Å². The second-order valence-corrected chi connectivity index (χ2v) is 3.49. The third-order valence-electron chi connectivity index (χ3n) is 2.69. The first-order valence-electron chi connectivity index (χ1n) is 4.30. The van der Waals surface area contributed by atoms with Gasteiger partial charge in [0.2, 0.25) is 0 Å². The molecular weight excluding hydrogens is 192 g/mol. The fraction of sp³-hybridized carbons (Fsp3) is 0.750. The van der Waals surface area contributed by atoms with Gasteiger partial charge in [-0.1, -0.05) is 0 Å². The number of aliphatic carboxylic acids is 2. The van der Waals surface area contributed by atoms with Gasteiger partial charge in [-0.15, -0.1) is 0 Å². The van der Waals surface area contributed by atoms with E-state index in [9.17, 15) is 9.59 Å². The lowest BCUT2D eigenvalue weighted by Gasteiger charge is -2.11. The molecule has 0 saturated carbocycles. The zero-order chi connectivity index (χ0) is 10.3. The monoisotopic (exact) mass is 202 g/mol. The highest BCUT2D eigenvalue weighted by Gasteiger charge is 2.52. The molecule has 0 aromatic rings. The largest absolute Gasteiger partial charge is 0.481 e. The Hall–Kier alpha value is -1.14. The Morgan fingerprint density at radius 3 is 1.57 bits per heavy atom. The molecule has 0 bridgehead atoms. The normalized spacial score (nSPS) is 40.9. The van der Waals surface area contributed by atoms with Gasteiger partial charge in [0.1, 0.15) is 24.0 Å². The van der Waals surface area contributed by atoms with Crippen molar-refractivity contribution < 1.29 is 29.3 Å². The molecule has 2 aliphatic rings. The molecule has 2 unspecified atom stereocenters. The van der Waals surface area contributed by atoms with Crippen LogP contribution in [0.5, 0.6) is 0 Å². The minimum atomic E-state index is -0.997. The molecule has 0 amide bonds. The minimum Gasteiger partial charge on any atom is -0.481 e. The van der Waals surface area contributed by atoms with Crippen molar-refractivity contribution in [2.24, 2.45) is 11.8 Å². The number of carbonyl (C=O) groups is 2. The molecule has 78 valence electrons. The third-order valence-corrected chi connectivity index (χ3v) is 2.69. The predicted octanol–water partition coefficient (Wildman–Crippen LogP) is -0.814. The van der Waals surface area contributed by atoms with Gasteiger partial charge >= 0.3 is 11.9 Å². The second kappa shape index (κ2) is 3.21. The van der Waals surface area contributed by atoms with Crippen LogP contribution in [0.4, 0.5) is 0 Å². The average Bonchev–Trinajstić information content (AvgIpc) is 2.59. The molecule has 0 aromatic carbocycles. The molecule has 0 radical (unpaired) electrons. The summed E-state index contributed by atoms with van der Waals surface area (Å²) in [4.78, 5) is 21.4. The summed E-state index contributed by atoms with van der Waals surface area (Å²) < 4.78 is 10.3. The maximum Gasteiger partial charge on any atom is 0.311 e. The Morgan fingerprint density at radius 1 is 0.929 bits per heavy atom. The van der Waals surface area contributed by atoms with Crippen molar-refractivity contribution in [3.63, 3.8) is 0 Å². The fourth-order valence-electron chi connectivity index (χ4n) is 1.92. The molecule has 6 heteroatoms. The van der Waals surface area contributed by atoms with E-state index in [4.69, 9.17) is 19.7 Å². The number of ether oxygens (including phenoxy) is 2. The first kappa shape index (κ1) is 9.42. The number of carboxylic acid groups (broad SMARTS) is 2. The van der Waals surface area contributed by atoms with Crippen LogP contribution in [0.1, 0.15) is 0 Å². The summed E-state index contributed by atoms with van der Waals surface area (Å²) in [6.07, 6.45) is -1.21. The zero-order valence-electron chi connectivity index (χ0n) is 7.25. The van der Waals surface area contributed by atoms with Gasteiger partial charge in [0.15, 0.2) is 0 Å². The van der Waals surface area contributed by atoms with Gasteiger partial charge in [-0.25, -0.2) is 0 Å². The topological polar surface area (TPSA) is 93.1 Å². The number of hydrogen-bond donors (Lipinski definition) is 2.